The Labute approximate surface area is 549 Å². The number of rotatable bonds is 49. The van der Waals surface area contributed by atoms with E-state index < -0.39 is 287 Å². The van der Waals surface area contributed by atoms with Crippen LogP contribution in [0.15, 0.2) is 0 Å². The van der Waals surface area contributed by atoms with Gasteiger partial charge in [-0.3, -0.25) is 14.4 Å². The number of carbonyl (C=O) groups excluding carboxylic acids is 6. The molecule has 4 rings (SSSR count). The van der Waals surface area contributed by atoms with E-state index in [0.29, 0.717) is 0 Å². The minimum Gasteiger partial charge on any atom is -0.480 e. The highest BCUT2D eigenvalue weighted by Gasteiger charge is 2.54. The van der Waals surface area contributed by atoms with Crippen LogP contribution in [-0.2, 0) is 138 Å². The zero-order valence-electron chi connectivity index (χ0n) is 50.6. The van der Waals surface area contributed by atoms with Gasteiger partial charge in [-0.25, -0.2) is 24.0 Å². The van der Waals surface area contributed by atoms with Crippen LogP contribution < -0.4 is 0 Å². The molecule has 0 aromatic heterocycles. The standard InChI is InChI=1S/C52H76O46/c53-1-19(86-35(7-59)89-26(11-83-16-31(65)66)21(3-55)92-50-44(78)40(74)46(23(5-57)94-50)97-51-43(77)38(72)37(71)22(4-56)93-51)24(9-81-14-29(61)62)88-34(6-58)87-20(2-54)25(10-82-15-30(63)64)90-36(8-60)96-47-28(13-85-18-33(69)70)95-52(45(79)41(47)75)98-48-27(12-84-17-32(67)68)91-49(80)42(76)39(48)73/h1-3,6-8,19-28,34-52,56-57,71-80H,4-5,9-18H2,(H,61,62)(H,63,64)(H,65,66)(H,67,68)(H,69,70)/t19-,20-,21-,22+,23+,24+,25+,26+,27+,28+,34+,35+,36-,37+,38-,39+,40+,41+,42+,43+,44+,45+,46+,47+,48+,49+,50+,51-,52-/m0/s1. The Morgan fingerprint density at radius 1 is 0.337 bits per heavy atom. The van der Waals surface area contributed by atoms with Crippen molar-refractivity contribution in [3.63, 3.8) is 0 Å². The van der Waals surface area contributed by atoms with Crippen LogP contribution >= 0.6 is 0 Å². The Bertz CT molecular complexity index is 2490. The van der Waals surface area contributed by atoms with Gasteiger partial charge in [-0.1, -0.05) is 0 Å². The molecule has 4 aliphatic rings. The summed E-state index contributed by atoms with van der Waals surface area (Å²) in [5, 5.41) is 173. The molecule has 0 aromatic rings. The second-order valence-electron chi connectivity index (χ2n) is 21.1. The van der Waals surface area contributed by atoms with Gasteiger partial charge in [0.05, 0.1) is 46.2 Å². The van der Waals surface area contributed by atoms with Gasteiger partial charge < -0.3 is 186 Å². The lowest BCUT2D eigenvalue weighted by Gasteiger charge is -2.46. The maximum absolute atomic E-state index is 12.8. The van der Waals surface area contributed by atoms with E-state index in [4.69, 9.17) is 90.4 Å². The van der Waals surface area contributed by atoms with Crippen LogP contribution in [0.1, 0.15) is 0 Å². The monoisotopic (exact) mass is 1440 g/mol. The minimum absolute atomic E-state index is 0.124. The molecule has 46 nitrogen and oxygen atoms in total. The Morgan fingerprint density at radius 3 is 1.10 bits per heavy atom. The number of aldehydes is 6. The second kappa shape index (κ2) is 42.4. The molecule has 0 aliphatic carbocycles. The summed E-state index contributed by atoms with van der Waals surface area (Å²) < 4.78 is 96.5. The molecule has 4 saturated heterocycles. The lowest BCUT2D eigenvalue weighted by molar-refractivity contribution is -0.365. The van der Waals surface area contributed by atoms with E-state index in [0.717, 1.165) is 0 Å². The van der Waals surface area contributed by atoms with E-state index in [1.807, 2.05) is 0 Å². The predicted molar refractivity (Wildman–Crippen MR) is 289 cm³/mol. The highest BCUT2D eigenvalue weighted by atomic mass is 16.8. The third-order valence-corrected chi connectivity index (χ3v) is 14.0. The number of hydrogen-bond donors (Lipinski definition) is 17. The maximum atomic E-state index is 12.8. The summed E-state index contributed by atoms with van der Waals surface area (Å²) in [5.74, 6) is -8.04. The van der Waals surface area contributed by atoms with Crippen LogP contribution in [0.4, 0.5) is 0 Å². The van der Waals surface area contributed by atoms with Crippen molar-refractivity contribution >= 4 is 67.6 Å². The summed E-state index contributed by atoms with van der Waals surface area (Å²) in [6.45, 7) is -12.8. The van der Waals surface area contributed by atoms with Gasteiger partial charge in [0.25, 0.3) is 0 Å². The van der Waals surface area contributed by atoms with E-state index in [2.05, 4.69) is 0 Å². The van der Waals surface area contributed by atoms with E-state index in [1.54, 1.807) is 0 Å². The summed E-state index contributed by atoms with van der Waals surface area (Å²) in [6, 6.07) is 0. The molecule has 0 bridgehead atoms. The SMILES string of the molecule is O=C[C@H](O[C@H]1[C@H](O)[C@@H](O)[C@H](O[C@H]2[C@H](O)[C@@H](O)[C@H](O)O[C@@H]2COCC(=O)O)O[C@@H]1COCC(=O)O)O[C@H](COCC(=O)O)[C@H](C=O)O[C@@H](C=O)O[C@H](COCC(=O)O)[C@H](C=O)O[C@@H](C=O)O[C@H](COCC(=O)O)[C@H](C=O)O[C@@H]1O[C@H](CO)[C@@H](O[C@@H]2O[C@H](CO)[C@@H](O)[C@H](O)[C@H]2O)[C@H](O)[C@H]1O. The van der Waals surface area contributed by atoms with Crippen molar-refractivity contribution < 1.29 is 225 Å². The number of ether oxygens (including phenoxy) is 18. The van der Waals surface area contributed by atoms with Gasteiger partial charge in [-0.2, -0.15) is 0 Å². The van der Waals surface area contributed by atoms with Crippen LogP contribution in [0.25, 0.3) is 0 Å². The minimum atomic E-state index is -2.56. The molecule has 0 radical (unpaired) electrons. The summed E-state index contributed by atoms with van der Waals surface area (Å²) in [4.78, 5) is 133. The molecule has 0 unspecified atom stereocenters. The quantitative estimate of drug-likeness (QED) is 0.0199. The number of aliphatic carboxylic acids is 5. The van der Waals surface area contributed by atoms with Crippen molar-refractivity contribution in [2.45, 2.75) is 178 Å². The van der Waals surface area contributed by atoms with Crippen LogP contribution in [-0.4, -0.2) is 412 Å². The third-order valence-electron chi connectivity index (χ3n) is 14.0. The highest BCUT2D eigenvalue weighted by Crippen LogP contribution is 2.33. The first-order valence-electron chi connectivity index (χ1n) is 28.7. The van der Waals surface area contributed by atoms with Crippen LogP contribution in [0.2, 0.25) is 0 Å². The van der Waals surface area contributed by atoms with Gasteiger partial charge in [-0.15, -0.1) is 0 Å². The number of aliphatic hydroxyl groups excluding tert-OH is 12. The molecule has 0 spiro atoms. The van der Waals surface area contributed by atoms with Crippen LogP contribution in [0.5, 0.6) is 0 Å². The molecule has 0 aromatic carbocycles. The van der Waals surface area contributed by atoms with Crippen molar-refractivity contribution in [2.24, 2.45) is 0 Å². The van der Waals surface area contributed by atoms with E-state index in [1.165, 1.54) is 0 Å². The molecule has 17 N–H and O–H groups in total. The van der Waals surface area contributed by atoms with E-state index in [-0.39, 0.29) is 37.7 Å². The molecule has 4 heterocycles. The van der Waals surface area contributed by atoms with Crippen molar-refractivity contribution in [1.29, 1.82) is 0 Å². The first-order chi connectivity index (χ1) is 46.5. The van der Waals surface area contributed by atoms with Crippen LogP contribution in [0, 0.1) is 0 Å². The third kappa shape index (κ3) is 25.4. The molecule has 0 amide bonds. The van der Waals surface area contributed by atoms with Crippen molar-refractivity contribution in [1.82, 2.24) is 0 Å². The van der Waals surface area contributed by atoms with Gasteiger partial charge >= 0.3 is 29.8 Å². The summed E-state index contributed by atoms with van der Waals surface area (Å²) in [7, 11) is 0. The summed E-state index contributed by atoms with van der Waals surface area (Å²) in [5.41, 5.74) is 0. The largest absolute Gasteiger partial charge is 0.480 e. The fraction of sp³-hybridized carbons (Fsp3) is 0.788. The number of hydrogen-bond acceptors (Lipinski definition) is 41. The normalized spacial score (nSPS) is 33.3. The fourth-order valence-corrected chi connectivity index (χ4v) is 9.36. The molecule has 46 heteroatoms. The van der Waals surface area contributed by atoms with Gasteiger partial charge in [-0.05, 0) is 0 Å². The van der Waals surface area contributed by atoms with Crippen LogP contribution in [0.3, 0.4) is 0 Å². The lowest BCUT2D eigenvalue weighted by Crippen LogP contribution is -2.65. The van der Waals surface area contributed by atoms with Gasteiger partial charge in [0, 0.05) is 0 Å². The number of carbonyl (C=O) groups is 11. The molecule has 560 valence electrons. The zero-order valence-corrected chi connectivity index (χ0v) is 50.6. The van der Waals surface area contributed by atoms with Crippen molar-refractivity contribution in [3.05, 3.63) is 0 Å². The Morgan fingerprint density at radius 2 is 0.684 bits per heavy atom. The molecular formula is C52H76O46. The first-order valence-corrected chi connectivity index (χ1v) is 28.7. The fourth-order valence-electron chi connectivity index (χ4n) is 9.36. The summed E-state index contributed by atoms with van der Waals surface area (Å²) >= 11 is 0. The second-order valence-corrected chi connectivity index (χ2v) is 21.1. The molecule has 4 fully saturated rings. The number of carboxylic acid groups (broad SMARTS) is 5. The van der Waals surface area contributed by atoms with Gasteiger partial charge in [0.2, 0.25) is 18.9 Å². The molecule has 98 heavy (non-hydrogen) atoms. The van der Waals surface area contributed by atoms with E-state index in [9.17, 15) is 134 Å². The number of aliphatic hydroxyl groups is 12. The molecule has 29 atom stereocenters. The maximum Gasteiger partial charge on any atom is 0.329 e. The predicted octanol–water partition coefficient (Wildman–Crippen LogP) is -13.7. The van der Waals surface area contributed by atoms with Gasteiger partial charge in [0.1, 0.15) is 167 Å². The Hall–Kier alpha value is -5.83. The topological polar surface area (TPSA) is 698 Å². The first kappa shape index (κ1) is 84.6. The van der Waals surface area contributed by atoms with Crippen molar-refractivity contribution in [2.75, 3.05) is 79.3 Å². The molecule has 4 aliphatic heterocycles. The summed E-state index contributed by atoms with van der Waals surface area (Å²) in [6.07, 6.45) is -63.2. The average Bonchev–Trinajstić information content (AvgIpc) is 0.790. The zero-order chi connectivity index (χ0) is 73.1. The average molecular weight is 1440 g/mol. The Balaban J connectivity index is 1.59. The van der Waals surface area contributed by atoms with Gasteiger partial charge in [0.15, 0.2) is 62.9 Å². The highest BCUT2D eigenvalue weighted by molar-refractivity contribution is 5.69. The number of carboxylic acids is 5. The lowest BCUT2D eigenvalue weighted by atomic mass is 9.97. The van der Waals surface area contributed by atoms with E-state index >= 15 is 0 Å². The smallest absolute Gasteiger partial charge is 0.329 e. The molecule has 0 saturated carbocycles. The molecular weight excluding hydrogens is 1360 g/mol. The Kier molecular flexibility index (Phi) is 36.6. The van der Waals surface area contributed by atoms with Crippen molar-refractivity contribution in [3.8, 4) is 0 Å².